The summed E-state index contributed by atoms with van der Waals surface area (Å²) < 4.78 is 55.1. The van der Waals surface area contributed by atoms with Crippen LogP contribution in [-0.2, 0) is 22.1 Å². The quantitative estimate of drug-likeness (QED) is 0.754. The average Bonchev–Trinajstić information content (AvgIpc) is 2.68. The molecular weight excluding hydrogens is 375 g/mol. The van der Waals surface area contributed by atoms with Crippen molar-refractivity contribution in [2.24, 2.45) is 5.92 Å². The summed E-state index contributed by atoms with van der Waals surface area (Å²) in [6.07, 6.45) is -4.09. The number of ether oxygens (including phenoxy) is 3. The molecule has 0 aromatic heterocycles. The Hall–Kier alpha value is -2.74. The molecule has 8 heteroatoms. The molecule has 3 rings (SSSR count). The van der Waals surface area contributed by atoms with E-state index in [4.69, 9.17) is 14.2 Å². The fourth-order valence-corrected chi connectivity index (χ4v) is 2.90. The van der Waals surface area contributed by atoms with Gasteiger partial charge < -0.3 is 19.5 Å². The minimum atomic E-state index is -4.53. The van der Waals surface area contributed by atoms with E-state index in [0.717, 1.165) is 17.7 Å². The third kappa shape index (κ3) is 4.75. The summed E-state index contributed by atoms with van der Waals surface area (Å²) in [4.78, 5) is 12.7. The number of carbonyl (C=O) groups excluding carboxylic acids is 1. The van der Waals surface area contributed by atoms with Crippen LogP contribution in [0.5, 0.6) is 11.5 Å². The maximum atomic E-state index is 13.1. The molecule has 150 valence electrons. The van der Waals surface area contributed by atoms with E-state index in [1.165, 1.54) is 13.2 Å². The summed E-state index contributed by atoms with van der Waals surface area (Å²) in [6, 6.07) is 10.3. The first kappa shape index (κ1) is 20.0. The van der Waals surface area contributed by atoms with E-state index in [0.29, 0.717) is 12.2 Å². The van der Waals surface area contributed by atoms with Gasteiger partial charge in [0.25, 0.3) is 0 Å². The van der Waals surface area contributed by atoms with E-state index >= 15 is 0 Å². The van der Waals surface area contributed by atoms with Crippen molar-refractivity contribution in [1.29, 1.82) is 0 Å². The van der Waals surface area contributed by atoms with Crippen LogP contribution in [0.3, 0.4) is 0 Å². The number of amides is 1. The summed E-state index contributed by atoms with van der Waals surface area (Å²) >= 11 is 0. The molecular formula is C20H20F3NO4. The molecule has 1 aliphatic heterocycles. The van der Waals surface area contributed by atoms with Crippen LogP contribution in [0.15, 0.2) is 42.5 Å². The molecule has 2 aromatic carbocycles. The Bertz CT molecular complexity index is 838. The van der Waals surface area contributed by atoms with E-state index in [1.807, 2.05) is 24.3 Å². The topological polar surface area (TPSA) is 56.8 Å². The molecule has 1 atom stereocenters. The first-order valence-electron chi connectivity index (χ1n) is 8.73. The highest BCUT2D eigenvalue weighted by Crippen LogP contribution is 2.36. The minimum absolute atomic E-state index is 0.0326. The minimum Gasteiger partial charge on any atom is -0.492 e. The van der Waals surface area contributed by atoms with Crippen molar-refractivity contribution in [2.45, 2.75) is 12.6 Å². The van der Waals surface area contributed by atoms with E-state index in [9.17, 15) is 18.0 Å². The molecule has 28 heavy (non-hydrogen) atoms. The van der Waals surface area contributed by atoms with E-state index < -0.39 is 23.6 Å². The number of rotatable bonds is 6. The molecule has 5 nitrogen and oxygen atoms in total. The Kier molecular flexibility index (Phi) is 6.08. The van der Waals surface area contributed by atoms with Gasteiger partial charge in [-0.1, -0.05) is 18.2 Å². The van der Waals surface area contributed by atoms with Gasteiger partial charge in [-0.25, -0.2) is 0 Å². The van der Waals surface area contributed by atoms with Crippen molar-refractivity contribution in [3.63, 3.8) is 0 Å². The number of anilines is 1. The monoisotopic (exact) mass is 395 g/mol. The third-order valence-corrected chi connectivity index (χ3v) is 4.36. The predicted octanol–water partition coefficient (Wildman–Crippen LogP) is 3.92. The lowest BCUT2D eigenvalue weighted by molar-refractivity contribution is -0.137. The second-order valence-electron chi connectivity index (χ2n) is 6.36. The van der Waals surface area contributed by atoms with Crippen molar-refractivity contribution >= 4 is 11.6 Å². The molecule has 0 radical (unpaired) electrons. The smallest absolute Gasteiger partial charge is 0.416 e. The Morgan fingerprint density at radius 2 is 2.00 bits per heavy atom. The summed E-state index contributed by atoms with van der Waals surface area (Å²) in [7, 11) is 1.49. The number of fused-ring (bicyclic) bond motifs is 1. The van der Waals surface area contributed by atoms with E-state index in [-0.39, 0.29) is 31.3 Å². The summed E-state index contributed by atoms with van der Waals surface area (Å²) in [6.45, 7) is 0.563. The molecule has 0 bridgehead atoms. The molecule has 0 saturated carbocycles. The highest BCUT2D eigenvalue weighted by molar-refractivity contribution is 5.94. The fraction of sp³-hybridized carbons (Fsp3) is 0.350. The molecule has 1 unspecified atom stereocenters. The van der Waals surface area contributed by atoms with Gasteiger partial charge in [-0.2, -0.15) is 13.2 Å². The highest BCUT2D eigenvalue weighted by Gasteiger charge is 2.32. The molecule has 0 saturated heterocycles. The molecule has 1 heterocycles. The van der Waals surface area contributed by atoms with Gasteiger partial charge in [0, 0.05) is 7.11 Å². The van der Waals surface area contributed by atoms with Crippen molar-refractivity contribution < 1.29 is 32.2 Å². The van der Waals surface area contributed by atoms with Crippen LogP contribution in [0.2, 0.25) is 0 Å². The number of benzene rings is 2. The normalized spacial score (nSPS) is 16.1. The largest absolute Gasteiger partial charge is 0.492 e. The maximum Gasteiger partial charge on any atom is 0.416 e. The second-order valence-corrected chi connectivity index (χ2v) is 6.36. The number of hydrogen-bond donors (Lipinski definition) is 1. The molecule has 0 fully saturated rings. The number of alkyl halides is 3. The molecule has 0 aliphatic carbocycles. The Morgan fingerprint density at radius 1 is 1.21 bits per heavy atom. The first-order chi connectivity index (χ1) is 13.4. The van der Waals surface area contributed by atoms with E-state index in [1.54, 1.807) is 0 Å². The van der Waals surface area contributed by atoms with Gasteiger partial charge in [0.15, 0.2) is 0 Å². The lowest BCUT2D eigenvalue weighted by Gasteiger charge is -2.25. The molecule has 1 aliphatic rings. The Balaban J connectivity index is 1.78. The third-order valence-electron chi connectivity index (χ3n) is 4.36. The first-order valence-corrected chi connectivity index (χ1v) is 8.73. The SMILES string of the molecule is COCCOc1ccc(C(F)(F)F)cc1NC(=O)C1COc2ccccc2C1. The Morgan fingerprint density at radius 3 is 2.75 bits per heavy atom. The van der Waals surface area contributed by atoms with Crippen LogP contribution in [0, 0.1) is 5.92 Å². The number of para-hydroxylation sites is 1. The van der Waals surface area contributed by atoms with Crippen molar-refractivity contribution in [3.05, 3.63) is 53.6 Å². The zero-order valence-corrected chi connectivity index (χ0v) is 15.2. The summed E-state index contributed by atoms with van der Waals surface area (Å²) in [5.41, 5.74) is -0.0172. The van der Waals surface area contributed by atoms with Crippen LogP contribution >= 0.6 is 0 Å². The van der Waals surface area contributed by atoms with Gasteiger partial charge in [0.1, 0.15) is 24.7 Å². The Labute approximate surface area is 160 Å². The number of methoxy groups -OCH3 is 1. The summed E-state index contributed by atoms with van der Waals surface area (Å²) in [5, 5.41) is 2.57. The molecule has 1 amide bonds. The van der Waals surface area contributed by atoms with Crippen molar-refractivity contribution in [3.8, 4) is 11.5 Å². The molecule has 2 aromatic rings. The van der Waals surface area contributed by atoms with Gasteiger partial charge >= 0.3 is 6.18 Å². The highest BCUT2D eigenvalue weighted by atomic mass is 19.4. The van der Waals surface area contributed by atoms with Gasteiger partial charge in [0.05, 0.1) is 23.8 Å². The fourth-order valence-electron chi connectivity index (χ4n) is 2.90. The van der Waals surface area contributed by atoms with Crippen molar-refractivity contribution in [2.75, 3.05) is 32.2 Å². The van der Waals surface area contributed by atoms with Crippen LogP contribution in [0.25, 0.3) is 0 Å². The number of hydrogen-bond acceptors (Lipinski definition) is 4. The predicted molar refractivity (Wildman–Crippen MR) is 96.6 cm³/mol. The van der Waals surface area contributed by atoms with Crippen LogP contribution in [-0.4, -0.2) is 32.8 Å². The molecule has 1 N–H and O–H groups in total. The van der Waals surface area contributed by atoms with Gasteiger partial charge in [-0.05, 0) is 36.2 Å². The maximum absolute atomic E-state index is 13.1. The number of halogens is 3. The zero-order chi connectivity index (χ0) is 20.1. The zero-order valence-electron chi connectivity index (χ0n) is 15.2. The number of carbonyl (C=O) groups is 1. The lowest BCUT2D eigenvalue weighted by atomic mass is 9.96. The molecule has 0 spiro atoms. The number of nitrogens with one attached hydrogen (secondary N) is 1. The van der Waals surface area contributed by atoms with Gasteiger partial charge in [-0.3, -0.25) is 4.79 Å². The lowest BCUT2D eigenvalue weighted by Crippen LogP contribution is -2.32. The van der Waals surface area contributed by atoms with Crippen LogP contribution < -0.4 is 14.8 Å². The van der Waals surface area contributed by atoms with Crippen LogP contribution in [0.1, 0.15) is 11.1 Å². The van der Waals surface area contributed by atoms with Gasteiger partial charge in [-0.15, -0.1) is 0 Å². The second kappa shape index (κ2) is 8.52. The van der Waals surface area contributed by atoms with Gasteiger partial charge in [0.2, 0.25) is 5.91 Å². The van der Waals surface area contributed by atoms with Crippen molar-refractivity contribution in [1.82, 2.24) is 0 Å². The van der Waals surface area contributed by atoms with E-state index in [2.05, 4.69) is 5.32 Å². The average molecular weight is 395 g/mol. The summed E-state index contributed by atoms with van der Waals surface area (Å²) in [5.74, 6) is -0.0774. The van der Waals surface area contributed by atoms with Crippen LogP contribution in [0.4, 0.5) is 18.9 Å². The standard InChI is InChI=1S/C20H20F3NO4/c1-26-8-9-27-18-7-6-15(20(21,22)23)11-16(18)24-19(25)14-10-13-4-2-3-5-17(13)28-12-14/h2-7,11,14H,8-10,12H2,1H3,(H,24,25).